The summed E-state index contributed by atoms with van der Waals surface area (Å²) in [6.07, 6.45) is 1.52. The third-order valence-electron chi connectivity index (χ3n) is 6.42. The van der Waals surface area contributed by atoms with E-state index >= 15 is 0 Å². The summed E-state index contributed by atoms with van der Waals surface area (Å²) in [5.74, 6) is 1.47. The van der Waals surface area contributed by atoms with Crippen LogP contribution in [-0.4, -0.2) is 22.5 Å². The molecule has 210 valence electrons. The number of aromatic nitrogens is 2. The van der Waals surface area contributed by atoms with Crippen LogP contribution in [0.25, 0.3) is 33.5 Å². The Morgan fingerprint density at radius 2 is 1.71 bits per heavy atom. The number of benzene rings is 4. The molecule has 0 amide bonds. The van der Waals surface area contributed by atoms with E-state index in [1.165, 1.54) is 10.9 Å². The lowest BCUT2D eigenvalue weighted by atomic mass is 10.2. The van der Waals surface area contributed by atoms with Crippen molar-refractivity contribution < 1.29 is 13.9 Å². The van der Waals surface area contributed by atoms with Gasteiger partial charge in [0, 0.05) is 5.39 Å². The minimum Gasteiger partial charge on any atom is -0.490 e. The molecule has 2 aromatic heterocycles. The maximum Gasteiger partial charge on any atom is 0.282 e. The predicted molar refractivity (Wildman–Crippen MR) is 168 cm³/mol. The normalized spacial score (nSPS) is 11.5. The Balaban J connectivity index is 1.39. The highest BCUT2D eigenvalue weighted by atomic mass is 35.5. The van der Waals surface area contributed by atoms with Crippen molar-refractivity contribution in [3.63, 3.8) is 0 Å². The van der Waals surface area contributed by atoms with Gasteiger partial charge >= 0.3 is 0 Å². The fourth-order valence-corrected chi connectivity index (χ4v) is 5.05. The van der Waals surface area contributed by atoms with Crippen LogP contribution in [0.5, 0.6) is 11.5 Å². The first kappa shape index (κ1) is 27.8. The molecule has 2 heterocycles. The molecule has 0 N–H and O–H groups in total. The molecule has 0 saturated carbocycles. The van der Waals surface area contributed by atoms with Gasteiger partial charge in [0.2, 0.25) is 5.82 Å². The van der Waals surface area contributed by atoms with Crippen molar-refractivity contribution in [1.82, 2.24) is 9.66 Å². The maximum absolute atomic E-state index is 13.6. The van der Waals surface area contributed by atoms with Crippen molar-refractivity contribution in [2.45, 2.75) is 13.5 Å². The molecular formula is C32H22Cl3N3O4. The van der Waals surface area contributed by atoms with E-state index in [0.29, 0.717) is 61.0 Å². The second kappa shape index (κ2) is 11.9. The maximum atomic E-state index is 13.6. The molecule has 0 spiro atoms. The minimum absolute atomic E-state index is 0.198. The largest absolute Gasteiger partial charge is 0.490 e. The molecule has 0 aliphatic rings. The highest BCUT2D eigenvalue weighted by Gasteiger charge is 2.17. The van der Waals surface area contributed by atoms with Crippen molar-refractivity contribution in [3.8, 4) is 23.1 Å². The fraction of sp³-hybridized carbons (Fsp3) is 0.0938. The predicted octanol–water partition coefficient (Wildman–Crippen LogP) is 8.63. The monoisotopic (exact) mass is 617 g/mol. The number of para-hydroxylation sites is 2. The lowest BCUT2D eigenvalue weighted by Gasteiger charge is -2.15. The van der Waals surface area contributed by atoms with E-state index in [2.05, 4.69) is 5.10 Å². The zero-order valence-corrected chi connectivity index (χ0v) is 24.5. The molecule has 42 heavy (non-hydrogen) atoms. The standard InChI is InChI=1S/C32H22Cl3N3O4/c1-2-40-28-15-20(14-25(35)30(28)41-18-19-11-12-23(33)24(34)13-19)17-36-38-31(29-16-21-7-3-6-10-27(21)42-29)37-26-9-5-4-8-22(26)32(38)39/h3-17H,2,18H2,1H3. The van der Waals surface area contributed by atoms with Crippen LogP contribution in [0.4, 0.5) is 0 Å². The third kappa shape index (κ3) is 5.59. The van der Waals surface area contributed by atoms with Gasteiger partial charge in [0.15, 0.2) is 17.3 Å². The average molecular weight is 619 g/mol. The molecule has 0 aliphatic heterocycles. The van der Waals surface area contributed by atoms with E-state index in [4.69, 9.17) is 53.7 Å². The topological polar surface area (TPSA) is 78.9 Å². The Morgan fingerprint density at radius 3 is 2.52 bits per heavy atom. The van der Waals surface area contributed by atoms with E-state index in [1.54, 1.807) is 42.5 Å². The lowest BCUT2D eigenvalue weighted by molar-refractivity contribution is 0.269. The SMILES string of the molecule is CCOc1cc(C=Nn2c(-c3cc4ccccc4o3)nc3ccccc3c2=O)cc(Cl)c1OCc1ccc(Cl)c(Cl)c1. The summed E-state index contributed by atoms with van der Waals surface area (Å²) >= 11 is 18.8. The van der Waals surface area contributed by atoms with Gasteiger partial charge in [-0.05, 0) is 66.6 Å². The summed E-state index contributed by atoms with van der Waals surface area (Å²) in [5.41, 5.74) is 2.27. The number of halogens is 3. The van der Waals surface area contributed by atoms with Crippen LogP contribution in [0.2, 0.25) is 15.1 Å². The molecule has 0 radical (unpaired) electrons. The molecular weight excluding hydrogens is 597 g/mol. The lowest BCUT2D eigenvalue weighted by Crippen LogP contribution is -2.20. The summed E-state index contributed by atoms with van der Waals surface area (Å²) in [4.78, 5) is 18.3. The zero-order valence-electron chi connectivity index (χ0n) is 22.2. The molecule has 6 aromatic rings. The second-order valence-electron chi connectivity index (χ2n) is 9.26. The van der Waals surface area contributed by atoms with E-state index in [0.717, 1.165) is 10.9 Å². The Kier molecular flexibility index (Phi) is 7.89. The van der Waals surface area contributed by atoms with E-state index in [-0.39, 0.29) is 18.0 Å². The third-order valence-corrected chi connectivity index (χ3v) is 7.44. The van der Waals surface area contributed by atoms with Gasteiger partial charge in [-0.2, -0.15) is 9.78 Å². The summed E-state index contributed by atoms with van der Waals surface area (Å²) < 4.78 is 19.1. The Hall–Kier alpha value is -4.30. The zero-order chi connectivity index (χ0) is 29.2. The van der Waals surface area contributed by atoms with Crippen molar-refractivity contribution in [2.75, 3.05) is 6.61 Å². The first-order valence-corrected chi connectivity index (χ1v) is 14.1. The summed E-state index contributed by atoms with van der Waals surface area (Å²) in [6.45, 7) is 2.44. The Labute approximate surface area is 255 Å². The minimum atomic E-state index is -0.343. The first-order chi connectivity index (χ1) is 20.4. The van der Waals surface area contributed by atoms with Gasteiger partial charge in [-0.3, -0.25) is 4.79 Å². The van der Waals surface area contributed by atoms with Crippen LogP contribution in [0.15, 0.2) is 99.2 Å². The molecule has 0 aliphatic carbocycles. The summed E-state index contributed by atoms with van der Waals surface area (Å²) in [5, 5.41) is 7.04. The average Bonchev–Trinajstić information content (AvgIpc) is 3.42. The van der Waals surface area contributed by atoms with Gasteiger partial charge < -0.3 is 13.9 Å². The van der Waals surface area contributed by atoms with Gasteiger partial charge in [0.05, 0.1) is 38.8 Å². The van der Waals surface area contributed by atoms with E-state index < -0.39 is 0 Å². The van der Waals surface area contributed by atoms with Gasteiger partial charge in [-0.15, -0.1) is 0 Å². The van der Waals surface area contributed by atoms with Crippen LogP contribution in [0.1, 0.15) is 18.1 Å². The van der Waals surface area contributed by atoms with Crippen molar-refractivity contribution in [2.24, 2.45) is 5.10 Å². The highest BCUT2D eigenvalue weighted by molar-refractivity contribution is 6.42. The van der Waals surface area contributed by atoms with Gasteiger partial charge in [0.1, 0.15) is 12.2 Å². The second-order valence-corrected chi connectivity index (χ2v) is 10.5. The van der Waals surface area contributed by atoms with Crippen LogP contribution in [0, 0.1) is 0 Å². The Morgan fingerprint density at radius 1 is 0.905 bits per heavy atom. The van der Waals surface area contributed by atoms with Crippen molar-refractivity contribution in [3.05, 3.63) is 121 Å². The summed E-state index contributed by atoms with van der Waals surface area (Å²) in [6, 6.07) is 25.2. The summed E-state index contributed by atoms with van der Waals surface area (Å²) in [7, 11) is 0. The molecule has 7 nitrogen and oxygen atoms in total. The number of hydrogen-bond acceptors (Lipinski definition) is 6. The van der Waals surface area contributed by atoms with Gasteiger partial charge in [-0.25, -0.2) is 4.98 Å². The van der Waals surface area contributed by atoms with Crippen molar-refractivity contribution in [1.29, 1.82) is 0 Å². The molecule has 6 rings (SSSR count). The number of hydrogen-bond donors (Lipinski definition) is 0. The molecule has 0 saturated heterocycles. The molecule has 0 unspecified atom stereocenters. The van der Waals surface area contributed by atoms with Crippen LogP contribution in [0.3, 0.4) is 0 Å². The fourth-order valence-electron chi connectivity index (χ4n) is 4.46. The quantitative estimate of drug-likeness (QED) is 0.160. The number of fused-ring (bicyclic) bond motifs is 2. The van der Waals surface area contributed by atoms with Gasteiger partial charge in [0.25, 0.3) is 5.56 Å². The highest BCUT2D eigenvalue weighted by Crippen LogP contribution is 2.37. The number of ether oxygens (including phenoxy) is 2. The molecule has 4 aromatic carbocycles. The van der Waals surface area contributed by atoms with E-state index in [1.807, 2.05) is 49.4 Å². The Bertz CT molecular complexity index is 2000. The molecule has 0 bridgehead atoms. The smallest absolute Gasteiger partial charge is 0.282 e. The van der Waals surface area contributed by atoms with Crippen LogP contribution < -0.4 is 15.0 Å². The van der Waals surface area contributed by atoms with Crippen LogP contribution in [-0.2, 0) is 6.61 Å². The number of nitrogens with zero attached hydrogens (tertiary/aromatic N) is 3. The first-order valence-electron chi connectivity index (χ1n) is 13.0. The molecule has 10 heteroatoms. The molecule has 0 fully saturated rings. The van der Waals surface area contributed by atoms with Gasteiger partial charge in [-0.1, -0.05) is 71.2 Å². The number of rotatable bonds is 8. The molecule has 0 atom stereocenters. The van der Waals surface area contributed by atoms with Crippen LogP contribution >= 0.6 is 34.8 Å². The number of furan rings is 1. The van der Waals surface area contributed by atoms with E-state index in [9.17, 15) is 4.79 Å². The van der Waals surface area contributed by atoms with Crippen molar-refractivity contribution >= 4 is 62.9 Å².